The normalized spacial score (nSPS) is 11.9. The van der Waals surface area contributed by atoms with Crippen LogP contribution in [0.1, 0.15) is 41.8 Å². The van der Waals surface area contributed by atoms with Crippen molar-refractivity contribution in [2.45, 2.75) is 39.8 Å². The van der Waals surface area contributed by atoms with Crippen molar-refractivity contribution in [3.05, 3.63) is 71.0 Å². The number of ether oxygens (including phenoxy) is 1. The molecule has 0 saturated carbocycles. The Morgan fingerprint density at radius 2 is 1.81 bits per heavy atom. The summed E-state index contributed by atoms with van der Waals surface area (Å²) in [7, 11) is 0. The van der Waals surface area contributed by atoms with Gasteiger partial charge in [0.25, 0.3) is 5.91 Å². The van der Waals surface area contributed by atoms with E-state index in [1.54, 1.807) is 6.92 Å². The van der Waals surface area contributed by atoms with Crippen molar-refractivity contribution in [1.29, 1.82) is 0 Å². The fraction of sp³-hybridized carbons (Fsp3) is 0.333. The van der Waals surface area contributed by atoms with Gasteiger partial charge in [0.15, 0.2) is 0 Å². The zero-order valence-electron chi connectivity index (χ0n) is 15.3. The third-order valence-corrected chi connectivity index (χ3v) is 3.97. The molecule has 0 unspecified atom stereocenters. The molecule has 5 heteroatoms. The molecule has 2 aromatic rings. The first-order valence-corrected chi connectivity index (χ1v) is 8.64. The van der Waals surface area contributed by atoms with Crippen LogP contribution in [0, 0.1) is 18.7 Å². The number of carbonyl (C=O) groups is 2. The Labute approximate surface area is 153 Å². The molecule has 4 nitrogen and oxygen atoms in total. The van der Waals surface area contributed by atoms with Crippen LogP contribution in [0.4, 0.5) is 4.39 Å². The predicted octanol–water partition coefficient (Wildman–Crippen LogP) is 4.02. The van der Waals surface area contributed by atoms with E-state index in [-0.39, 0.29) is 18.1 Å². The first-order valence-electron chi connectivity index (χ1n) is 8.64. The molecule has 0 bridgehead atoms. The van der Waals surface area contributed by atoms with Gasteiger partial charge in [-0.25, -0.2) is 9.18 Å². The topological polar surface area (TPSA) is 55.4 Å². The van der Waals surface area contributed by atoms with E-state index in [0.717, 1.165) is 5.56 Å². The van der Waals surface area contributed by atoms with Crippen LogP contribution in [-0.2, 0) is 16.1 Å². The maximum absolute atomic E-state index is 13.5. The highest BCUT2D eigenvalue weighted by molar-refractivity contribution is 5.98. The third-order valence-electron chi connectivity index (χ3n) is 3.97. The molecule has 138 valence electrons. The van der Waals surface area contributed by atoms with Gasteiger partial charge < -0.3 is 10.1 Å². The maximum atomic E-state index is 13.5. The molecule has 0 heterocycles. The molecule has 2 aromatic carbocycles. The minimum atomic E-state index is -0.783. The second-order valence-corrected chi connectivity index (χ2v) is 6.71. The van der Waals surface area contributed by atoms with E-state index < -0.39 is 23.7 Å². The molecular weight excluding hydrogens is 333 g/mol. The Morgan fingerprint density at radius 1 is 1.12 bits per heavy atom. The van der Waals surface area contributed by atoms with Crippen LogP contribution in [0.5, 0.6) is 0 Å². The Bertz CT molecular complexity index is 759. The molecule has 2 rings (SSSR count). The van der Waals surface area contributed by atoms with Crippen LogP contribution in [0.25, 0.3) is 0 Å². The van der Waals surface area contributed by atoms with Crippen molar-refractivity contribution in [2.24, 2.45) is 5.92 Å². The van der Waals surface area contributed by atoms with Gasteiger partial charge in [0.05, 0.1) is 0 Å². The van der Waals surface area contributed by atoms with Crippen molar-refractivity contribution in [3.8, 4) is 0 Å². The summed E-state index contributed by atoms with van der Waals surface area (Å²) in [5.41, 5.74) is 1.73. The zero-order chi connectivity index (χ0) is 19.1. The van der Waals surface area contributed by atoms with E-state index in [1.165, 1.54) is 18.2 Å². The largest absolute Gasteiger partial charge is 0.459 e. The lowest BCUT2D eigenvalue weighted by Crippen LogP contribution is -2.42. The number of hydrogen-bond acceptors (Lipinski definition) is 3. The highest BCUT2D eigenvalue weighted by atomic mass is 19.1. The molecule has 1 amide bonds. The molecule has 0 spiro atoms. The van der Waals surface area contributed by atoms with Crippen LogP contribution >= 0.6 is 0 Å². The van der Waals surface area contributed by atoms with E-state index >= 15 is 0 Å². The van der Waals surface area contributed by atoms with Gasteiger partial charge in [-0.15, -0.1) is 0 Å². The van der Waals surface area contributed by atoms with Crippen LogP contribution in [0.15, 0.2) is 48.5 Å². The number of hydrogen-bond donors (Lipinski definition) is 1. The summed E-state index contributed by atoms with van der Waals surface area (Å²) in [6.45, 7) is 5.77. The molecule has 0 aliphatic rings. The Morgan fingerprint density at radius 3 is 2.46 bits per heavy atom. The van der Waals surface area contributed by atoms with Gasteiger partial charge in [-0.05, 0) is 42.5 Å². The van der Waals surface area contributed by atoms with Crippen molar-refractivity contribution >= 4 is 11.9 Å². The highest BCUT2D eigenvalue weighted by Crippen LogP contribution is 2.13. The molecule has 0 aromatic heterocycles. The summed E-state index contributed by atoms with van der Waals surface area (Å²) in [5.74, 6) is -1.29. The highest BCUT2D eigenvalue weighted by Gasteiger charge is 2.24. The van der Waals surface area contributed by atoms with Gasteiger partial charge in [-0.2, -0.15) is 0 Å². The molecule has 26 heavy (non-hydrogen) atoms. The molecule has 0 saturated heterocycles. The van der Waals surface area contributed by atoms with Crippen molar-refractivity contribution in [1.82, 2.24) is 5.32 Å². The minimum Gasteiger partial charge on any atom is -0.459 e. The smallest absolute Gasteiger partial charge is 0.328 e. The number of benzene rings is 2. The zero-order valence-corrected chi connectivity index (χ0v) is 15.3. The number of amides is 1. The van der Waals surface area contributed by atoms with Crippen molar-refractivity contribution < 1.29 is 18.7 Å². The molecule has 0 aliphatic carbocycles. The third kappa shape index (κ3) is 5.69. The summed E-state index contributed by atoms with van der Waals surface area (Å²) in [4.78, 5) is 25.0. The van der Waals surface area contributed by atoms with Crippen molar-refractivity contribution in [3.63, 3.8) is 0 Å². The number of rotatable bonds is 7. The van der Waals surface area contributed by atoms with Gasteiger partial charge in [-0.3, -0.25) is 4.79 Å². The summed E-state index contributed by atoms with van der Waals surface area (Å²) in [6.07, 6.45) is 0.438. The van der Waals surface area contributed by atoms with E-state index in [0.29, 0.717) is 12.0 Å². The monoisotopic (exact) mass is 357 g/mol. The SMILES string of the molecule is Cc1ccc(F)cc1C(=O)N[C@@H](CC(C)C)C(=O)OCc1ccccc1. The van der Waals surface area contributed by atoms with E-state index in [4.69, 9.17) is 4.74 Å². The molecule has 1 N–H and O–H groups in total. The molecule has 0 aliphatic heterocycles. The predicted molar refractivity (Wildman–Crippen MR) is 98.1 cm³/mol. The first kappa shape index (κ1) is 19.6. The van der Waals surface area contributed by atoms with E-state index in [9.17, 15) is 14.0 Å². The number of esters is 1. The standard InChI is InChI=1S/C21H24FNO3/c1-14(2)11-19(21(25)26-13-16-7-5-4-6-8-16)23-20(24)18-12-17(22)10-9-15(18)3/h4-10,12,14,19H,11,13H2,1-3H3,(H,23,24)/t19-/m0/s1. The summed E-state index contributed by atoms with van der Waals surface area (Å²) in [5, 5.41) is 2.69. The molecular formula is C21H24FNO3. The lowest BCUT2D eigenvalue weighted by atomic mass is 10.0. The molecule has 0 radical (unpaired) electrons. The van der Waals surface area contributed by atoms with E-state index in [2.05, 4.69) is 5.32 Å². The van der Waals surface area contributed by atoms with Gasteiger partial charge in [0.2, 0.25) is 0 Å². The lowest BCUT2D eigenvalue weighted by molar-refractivity contribution is -0.147. The van der Waals surface area contributed by atoms with E-state index in [1.807, 2.05) is 44.2 Å². The van der Waals surface area contributed by atoms with Gasteiger partial charge in [0, 0.05) is 5.56 Å². The van der Waals surface area contributed by atoms with Crippen LogP contribution < -0.4 is 5.32 Å². The average Bonchev–Trinajstić information content (AvgIpc) is 2.61. The minimum absolute atomic E-state index is 0.142. The summed E-state index contributed by atoms with van der Waals surface area (Å²) >= 11 is 0. The van der Waals surface area contributed by atoms with Crippen LogP contribution in [-0.4, -0.2) is 17.9 Å². The maximum Gasteiger partial charge on any atom is 0.328 e. The Hall–Kier alpha value is -2.69. The fourth-order valence-corrected chi connectivity index (χ4v) is 2.59. The molecule has 1 atom stereocenters. The van der Waals surface area contributed by atoms with Crippen LogP contribution in [0.3, 0.4) is 0 Å². The molecule has 0 fully saturated rings. The van der Waals surface area contributed by atoms with Gasteiger partial charge in [0.1, 0.15) is 18.5 Å². The van der Waals surface area contributed by atoms with Crippen molar-refractivity contribution in [2.75, 3.05) is 0 Å². The summed E-state index contributed by atoms with van der Waals surface area (Å²) in [6, 6.07) is 12.6. The fourth-order valence-electron chi connectivity index (χ4n) is 2.59. The lowest BCUT2D eigenvalue weighted by Gasteiger charge is -2.20. The number of halogens is 1. The van der Waals surface area contributed by atoms with Gasteiger partial charge >= 0.3 is 5.97 Å². The number of carbonyl (C=O) groups excluding carboxylic acids is 2. The average molecular weight is 357 g/mol. The Balaban J connectivity index is 2.07. The Kier molecular flexibility index (Phi) is 6.89. The quantitative estimate of drug-likeness (QED) is 0.762. The van der Waals surface area contributed by atoms with Gasteiger partial charge in [-0.1, -0.05) is 50.2 Å². The number of aryl methyl sites for hydroxylation is 1. The number of nitrogens with one attached hydrogen (secondary N) is 1. The first-order chi connectivity index (χ1) is 12.4. The second kappa shape index (κ2) is 9.13. The summed E-state index contributed by atoms with van der Waals surface area (Å²) < 4.78 is 18.8. The second-order valence-electron chi connectivity index (χ2n) is 6.71. The van der Waals surface area contributed by atoms with Crippen LogP contribution in [0.2, 0.25) is 0 Å².